The van der Waals surface area contributed by atoms with Gasteiger partial charge in [0.25, 0.3) is 5.91 Å². The van der Waals surface area contributed by atoms with Crippen LogP contribution in [0.5, 0.6) is 5.75 Å². The summed E-state index contributed by atoms with van der Waals surface area (Å²) in [5, 5.41) is 2.94. The van der Waals surface area contributed by atoms with E-state index >= 15 is 0 Å². The molecule has 0 fully saturated rings. The molecule has 1 aromatic rings. The van der Waals surface area contributed by atoms with Crippen molar-refractivity contribution in [2.24, 2.45) is 0 Å². The first-order valence-corrected chi connectivity index (χ1v) is 7.76. The van der Waals surface area contributed by atoms with E-state index in [2.05, 4.69) is 28.2 Å². The van der Waals surface area contributed by atoms with Gasteiger partial charge in [-0.1, -0.05) is 29.3 Å². The molecule has 0 aliphatic heterocycles. The van der Waals surface area contributed by atoms with E-state index in [1.807, 2.05) is 25.2 Å². The Balaban J connectivity index is 2.51. The van der Waals surface area contributed by atoms with E-state index in [9.17, 15) is 4.79 Å². The summed E-state index contributed by atoms with van der Waals surface area (Å²) in [7, 11) is 3.68. The molecule has 1 rings (SSSR count). The lowest BCUT2D eigenvalue weighted by Gasteiger charge is -2.16. The van der Waals surface area contributed by atoms with Crippen LogP contribution in [-0.4, -0.2) is 33.2 Å². The zero-order valence-electron chi connectivity index (χ0n) is 12.5. The summed E-state index contributed by atoms with van der Waals surface area (Å²) in [4.78, 5) is 12.9. The normalized spacial score (nSPS) is 12.0. The van der Waals surface area contributed by atoms with Crippen molar-refractivity contribution in [1.29, 1.82) is 0 Å². The van der Waals surface area contributed by atoms with E-state index in [-0.39, 0.29) is 5.91 Å². The van der Waals surface area contributed by atoms with Crippen LogP contribution >= 0.6 is 15.9 Å². The number of ether oxygens (including phenoxy) is 1. The van der Waals surface area contributed by atoms with Crippen LogP contribution in [0.3, 0.4) is 0 Å². The minimum atomic E-state index is 0.102. The molecule has 0 bridgehead atoms. The number of carbonyl (C=O) groups excluding carboxylic acids is 1. The minimum Gasteiger partial charge on any atom is -0.496 e. The minimum absolute atomic E-state index is 0.102. The topological polar surface area (TPSA) is 42.8 Å². The first-order valence-electron chi connectivity index (χ1n) is 6.97. The van der Waals surface area contributed by atoms with Crippen LogP contribution in [0.25, 0.3) is 0 Å². The quantitative estimate of drug-likeness (QED) is 0.700. The van der Waals surface area contributed by atoms with Gasteiger partial charge in [0.05, 0.1) is 14.2 Å². The number of halogens is 1. The largest absolute Gasteiger partial charge is 0.496 e. The number of rotatable bonds is 8. The van der Waals surface area contributed by atoms with Crippen molar-refractivity contribution >= 4 is 21.8 Å². The molecule has 112 valence electrons. The maximum atomic E-state index is 11.8. The molecule has 4 nitrogen and oxygen atoms in total. The number of hydrogen-bond acceptors (Lipinski definition) is 2. The molecule has 2 N–H and O–H groups in total. The number of hydrogen-bond donors (Lipinski definition) is 2. The highest BCUT2D eigenvalue weighted by molar-refractivity contribution is 9.10. The number of quaternary nitrogens is 1. The SMILES string of the molecule is CCCCNC(=O)C[NH+](C)Cc1cc(Br)ccc1OC. The molecule has 1 aromatic carbocycles. The Bertz CT molecular complexity index is 438. The Morgan fingerprint density at radius 1 is 1.45 bits per heavy atom. The van der Waals surface area contributed by atoms with Crippen molar-refractivity contribution in [1.82, 2.24) is 5.32 Å². The summed E-state index contributed by atoms with van der Waals surface area (Å²) in [5.41, 5.74) is 1.10. The van der Waals surface area contributed by atoms with Crippen LogP contribution in [0.1, 0.15) is 25.3 Å². The molecule has 1 atom stereocenters. The lowest BCUT2D eigenvalue weighted by atomic mass is 10.2. The molecule has 0 radical (unpaired) electrons. The maximum Gasteiger partial charge on any atom is 0.275 e. The molecule has 0 spiro atoms. The molecule has 1 amide bonds. The number of benzene rings is 1. The fraction of sp³-hybridized carbons (Fsp3) is 0.533. The number of methoxy groups -OCH3 is 1. The first kappa shape index (κ1) is 17.0. The van der Waals surface area contributed by atoms with Gasteiger partial charge in [-0.25, -0.2) is 0 Å². The van der Waals surface area contributed by atoms with E-state index in [1.165, 1.54) is 0 Å². The number of amides is 1. The van der Waals surface area contributed by atoms with Gasteiger partial charge in [0.15, 0.2) is 6.54 Å². The van der Waals surface area contributed by atoms with Gasteiger partial charge in [-0.3, -0.25) is 4.79 Å². The fourth-order valence-corrected chi connectivity index (χ4v) is 2.42. The van der Waals surface area contributed by atoms with Crippen molar-refractivity contribution in [3.8, 4) is 5.75 Å². The monoisotopic (exact) mass is 343 g/mol. The van der Waals surface area contributed by atoms with Gasteiger partial charge >= 0.3 is 0 Å². The average Bonchev–Trinajstić information content (AvgIpc) is 2.39. The van der Waals surface area contributed by atoms with E-state index in [1.54, 1.807) is 7.11 Å². The van der Waals surface area contributed by atoms with Crippen molar-refractivity contribution in [3.63, 3.8) is 0 Å². The highest BCUT2D eigenvalue weighted by Crippen LogP contribution is 2.21. The Morgan fingerprint density at radius 3 is 2.85 bits per heavy atom. The number of likely N-dealkylation sites (N-methyl/N-ethyl adjacent to an activating group) is 1. The second-order valence-corrected chi connectivity index (χ2v) is 5.89. The third-order valence-electron chi connectivity index (χ3n) is 3.05. The molecular weight excluding hydrogens is 320 g/mol. The van der Waals surface area contributed by atoms with Gasteiger partial charge < -0.3 is 15.0 Å². The molecule has 0 aliphatic carbocycles. The standard InChI is InChI=1S/C15H23BrN2O2/c1-4-5-8-17-15(19)11-18(2)10-12-9-13(16)6-7-14(12)20-3/h6-7,9H,4-5,8,10-11H2,1-3H3,(H,17,19)/p+1. The Hall–Kier alpha value is -1.07. The van der Waals surface area contributed by atoms with E-state index in [0.717, 1.165) is 46.6 Å². The summed E-state index contributed by atoms with van der Waals surface area (Å²) in [5.74, 6) is 0.962. The van der Waals surface area contributed by atoms with Gasteiger partial charge in [0, 0.05) is 16.6 Å². The first-order chi connectivity index (χ1) is 9.56. The number of nitrogens with one attached hydrogen (secondary N) is 2. The summed E-state index contributed by atoms with van der Waals surface area (Å²) in [6.07, 6.45) is 2.13. The van der Waals surface area contributed by atoms with Gasteiger partial charge in [0.2, 0.25) is 0 Å². The van der Waals surface area contributed by atoms with Crippen molar-refractivity contribution in [2.45, 2.75) is 26.3 Å². The molecule has 1 unspecified atom stereocenters. The predicted octanol–water partition coefficient (Wildman–Crippen LogP) is 1.39. The number of carbonyl (C=O) groups is 1. The smallest absolute Gasteiger partial charge is 0.275 e. The van der Waals surface area contributed by atoms with Gasteiger partial charge in [-0.2, -0.15) is 0 Å². The third kappa shape index (κ3) is 5.92. The lowest BCUT2D eigenvalue weighted by Crippen LogP contribution is -3.08. The van der Waals surface area contributed by atoms with Crippen molar-refractivity contribution in [3.05, 3.63) is 28.2 Å². The highest BCUT2D eigenvalue weighted by Gasteiger charge is 2.13. The fourth-order valence-electron chi connectivity index (χ4n) is 2.01. The van der Waals surface area contributed by atoms with Crippen LogP contribution < -0.4 is 15.0 Å². The third-order valence-corrected chi connectivity index (χ3v) is 3.54. The average molecular weight is 344 g/mol. The van der Waals surface area contributed by atoms with Gasteiger partial charge in [-0.15, -0.1) is 0 Å². The molecular formula is C15H24BrN2O2+. The van der Waals surface area contributed by atoms with Crippen LogP contribution in [0, 0.1) is 0 Å². The zero-order chi connectivity index (χ0) is 15.0. The second-order valence-electron chi connectivity index (χ2n) is 4.97. The summed E-state index contributed by atoms with van der Waals surface area (Å²) in [6.45, 7) is 4.11. The molecule has 20 heavy (non-hydrogen) atoms. The van der Waals surface area contributed by atoms with Crippen LogP contribution in [0.2, 0.25) is 0 Å². The zero-order valence-corrected chi connectivity index (χ0v) is 14.0. The highest BCUT2D eigenvalue weighted by atomic mass is 79.9. The Kier molecular flexibility index (Phi) is 7.62. The van der Waals surface area contributed by atoms with E-state index < -0.39 is 0 Å². The summed E-state index contributed by atoms with van der Waals surface area (Å²) < 4.78 is 6.37. The van der Waals surface area contributed by atoms with Gasteiger partial charge in [-0.05, 0) is 24.6 Å². The summed E-state index contributed by atoms with van der Waals surface area (Å²) >= 11 is 3.46. The molecule has 0 saturated heterocycles. The predicted molar refractivity (Wildman–Crippen MR) is 84.1 cm³/mol. The summed E-state index contributed by atoms with van der Waals surface area (Å²) in [6, 6.07) is 5.93. The maximum absolute atomic E-state index is 11.8. The Morgan fingerprint density at radius 2 is 2.20 bits per heavy atom. The van der Waals surface area contributed by atoms with Crippen LogP contribution in [-0.2, 0) is 11.3 Å². The van der Waals surface area contributed by atoms with Gasteiger partial charge in [0.1, 0.15) is 12.3 Å². The molecule has 0 aliphatic rings. The molecule has 0 aromatic heterocycles. The van der Waals surface area contributed by atoms with Crippen LogP contribution in [0.4, 0.5) is 0 Å². The van der Waals surface area contributed by atoms with Crippen molar-refractivity contribution in [2.75, 3.05) is 27.2 Å². The number of unbranched alkanes of at least 4 members (excludes halogenated alkanes) is 1. The van der Waals surface area contributed by atoms with E-state index in [0.29, 0.717) is 6.54 Å². The van der Waals surface area contributed by atoms with Crippen molar-refractivity contribution < 1.29 is 14.4 Å². The lowest BCUT2D eigenvalue weighted by molar-refractivity contribution is -0.885. The molecule has 5 heteroatoms. The molecule has 0 saturated carbocycles. The second kappa shape index (κ2) is 8.97. The van der Waals surface area contributed by atoms with Crippen LogP contribution in [0.15, 0.2) is 22.7 Å². The Labute approximate surface area is 129 Å². The van der Waals surface area contributed by atoms with E-state index in [4.69, 9.17) is 4.74 Å². The molecule has 0 heterocycles.